The molecule has 86 valence electrons. The number of carbonyl (C=O) groups is 1. The highest BCUT2D eigenvalue weighted by molar-refractivity contribution is 6.42. The van der Waals surface area contributed by atoms with Crippen LogP contribution in [-0.2, 0) is 4.79 Å². The summed E-state index contributed by atoms with van der Waals surface area (Å²) in [7, 11) is 0. The lowest BCUT2D eigenvalue weighted by Gasteiger charge is -2.24. The number of nitrogens with one attached hydrogen (secondary N) is 1. The third-order valence-corrected chi connectivity index (χ3v) is 3.44. The highest BCUT2D eigenvalue weighted by Gasteiger charge is 2.21. The van der Waals surface area contributed by atoms with E-state index in [9.17, 15) is 4.79 Å². The van der Waals surface area contributed by atoms with Crippen LogP contribution in [0.5, 0.6) is 0 Å². The minimum atomic E-state index is -0.0682. The van der Waals surface area contributed by atoms with Crippen LogP contribution in [0.25, 0.3) is 0 Å². The Morgan fingerprint density at radius 1 is 1.44 bits per heavy atom. The molecule has 1 saturated carbocycles. The van der Waals surface area contributed by atoms with Crippen molar-refractivity contribution in [2.75, 3.05) is 5.32 Å². The second kappa shape index (κ2) is 4.97. The molecule has 1 aromatic rings. The maximum atomic E-state index is 11.6. The van der Waals surface area contributed by atoms with Gasteiger partial charge in [0.1, 0.15) is 11.3 Å². The number of halogens is 2. The topological polar surface area (TPSA) is 54.9 Å². The Balaban J connectivity index is 1.97. The molecule has 1 aromatic heterocycles. The summed E-state index contributed by atoms with van der Waals surface area (Å²) in [6.07, 6.45) is 5.28. The van der Waals surface area contributed by atoms with Gasteiger partial charge in [-0.3, -0.25) is 4.79 Å². The van der Waals surface area contributed by atoms with Crippen LogP contribution in [0.3, 0.4) is 0 Å². The number of carbonyl (C=O) groups excluding carboxylic acids is 1. The zero-order valence-corrected chi connectivity index (χ0v) is 10.1. The van der Waals surface area contributed by atoms with Gasteiger partial charge in [0.25, 0.3) is 0 Å². The Kier molecular flexibility index (Phi) is 3.61. The fourth-order valence-corrected chi connectivity index (χ4v) is 1.86. The zero-order valence-electron chi connectivity index (χ0n) is 8.54. The summed E-state index contributed by atoms with van der Waals surface area (Å²) in [5, 5.41) is 2.98. The molecule has 16 heavy (non-hydrogen) atoms. The second-order valence-electron chi connectivity index (χ2n) is 3.88. The van der Waals surface area contributed by atoms with Crippen molar-refractivity contribution in [2.24, 2.45) is 5.92 Å². The van der Waals surface area contributed by atoms with Gasteiger partial charge < -0.3 is 5.32 Å². The molecule has 1 aliphatic carbocycles. The van der Waals surface area contributed by atoms with Gasteiger partial charge in [-0.2, -0.15) is 0 Å². The van der Waals surface area contributed by atoms with Gasteiger partial charge in [0, 0.05) is 6.42 Å². The fraction of sp³-hybridized carbons (Fsp3) is 0.500. The molecular formula is C10H11Cl2N3O. The van der Waals surface area contributed by atoms with E-state index in [2.05, 4.69) is 15.3 Å². The molecule has 0 unspecified atom stereocenters. The van der Waals surface area contributed by atoms with Gasteiger partial charge in [0.2, 0.25) is 5.91 Å². The summed E-state index contributed by atoms with van der Waals surface area (Å²) in [5.41, 5.74) is 0. The standard InChI is InChI=1S/C10H11Cl2N3O/c11-8-9(12)13-5-14-10(8)15-7(16)4-6-2-1-3-6/h5-6H,1-4H2,(H,13,14,15,16). The number of rotatable bonds is 3. The summed E-state index contributed by atoms with van der Waals surface area (Å²) >= 11 is 11.6. The largest absolute Gasteiger partial charge is 0.309 e. The molecule has 4 nitrogen and oxygen atoms in total. The highest BCUT2D eigenvalue weighted by atomic mass is 35.5. The first kappa shape index (κ1) is 11.6. The van der Waals surface area contributed by atoms with Gasteiger partial charge >= 0.3 is 0 Å². The van der Waals surface area contributed by atoms with Crippen LogP contribution in [0.15, 0.2) is 6.33 Å². The first-order chi connectivity index (χ1) is 7.66. The molecule has 0 atom stereocenters. The first-order valence-corrected chi connectivity index (χ1v) is 5.88. The molecule has 1 aliphatic rings. The fourth-order valence-electron chi connectivity index (χ4n) is 1.58. The van der Waals surface area contributed by atoms with E-state index in [4.69, 9.17) is 23.2 Å². The lowest BCUT2D eigenvalue weighted by Crippen LogP contribution is -2.21. The molecule has 0 aromatic carbocycles. The molecule has 0 saturated heterocycles. The van der Waals surface area contributed by atoms with E-state index in [-0.39, 0.29) is 21.9 Å². The summed E-state index contributed by atoms with van der Waals surface area (Å²) in [5.74, 6) is 0.725. The van der Waals surface area contributed by atoms with E-state index >= 15 is 0 Å². The van der Waals surface area contributed by atoms with Crippen molar-refractivity contribution < 1.29 is 4.79 Å². The minimum absolute atomic E-state index is 0.0682. The number of hydrogen-bond donors (Lipinski definition) is 1. The predicted molar refractivity (Wildman–Crippen MR) is 62.6 cm³/mol. The van der Waals surface area contributed by atoms with Crippen LogP contribution in [0, 0.1) is 5.92 Å². The monoisotopic (exact) mass is 259 g/mol. The summed E-state index contributed by atoms with van der Waals surface area (Å²) in [4.78, 5) is 19.2. The maximum Gasteiger partial charge on any atom is 0.225 e. The smallest absolute Gasteiger partial charge is 0.225 e. The molecule has 1 N–H and O–H groups in total. The lowest BCUT2D eigenvalue weighted by molar-refractivity contribution is -0.117. The van der Waals surface area contributed by atoms with Crippen LogP contribution in [0.2, 0.25) is 10.2 Å². The van der Waals surface area contributed by atoms with Crippen molar-refractivity contribution in [3.8, 4) is 0 Å². The number of aromatic nitrogens is 2. The van der Waals surface area contributed by atoms with E-state index in [0.29, 0.717) is 12.3 Å². The Labute approximate surface area is 103 Å². The maximum absolute atomic E-state index is 11.6. The van der Waals surface area contributed by atoms with Gasteiger partial charge in [-0.05, 0) is 18.8 Å². The Morgan fingerprint density at radius 2 is 2.19 bits per heavy atom. The van der Waals surface area contributed by atoms with E-state index in [1.165, 1.54) is 12.7 Å². The van der Waals surface area contributed by atoms with Gasteiger partial charge in [-0.25, -0.2) is 9.97 Å². The molecule has 0 bridgehead atoms. The van der Waals surface area contributed by atoms with Crippen molar-refractivity contribution in [3.05, 3.63) is 16.5 Å². The summed E-state index contributed by atoms with van der Waals surface area (Å²) in [6.45, 7) is 0. The van der Waals surface area contributed by atoms with Gasteiger partial charge in [-0.1, -0.05) is 29.6 Å². The third-order valence-electron chi connectivity index (χ3n) is 2.70. The number of anilines is 1. The third kappa shape index (κ3) is 2.62. The minimum Gasteiger partial charge on any atom is -0.309 e. The zero-order chi connectivity index (χ0) is 11.5. The van der Waals surface area contributed by atoms with E-state index in [1.807, 2.05) is 0 Å². The number of hydrogen-bond acceptors (Lipinski definition) is 3. The quantitative estimate of drug-likeness (QED) is 0.850. The molecule has 0 aliphatic heterocycles. The van der Waals surface area contributed by atoms with Gasteiger partial charge in [0.15, 0.2) is 11.0 Å². The van der Waals surface area contributed by atoms with Crippen LogP contribution < -0.4 is 5.32 Å². The molecule has 1 fully saturated rings. The lowest BCUT2D eigenvalue weighted by atomic mass is 9.83. The Hall–Kier alpha value is -0.870. The predicted octanol–water partition coefficient (Wildman–Crippen LogP) is 2.91. The molecule has 0 spiro atoms. The van der Waals surface area contributed by atoms with Crippen LogP contribution in [-0.4, -0.2) is 15.9 Å². The molecule has 6 heteroatoms. The first-order valence-electron chi connectivity index (χ1n) is 5.12. The van der Waals surface area contributed by atoms with E-state index in [1.54, 1.807) is 0 Å². The highest BCUT2D eigenvalue weighted by Crippen LogP contribution is 2.30. The number of nitrogens with zero attached hydrogens (tertiary/aromatic N) is 2. The Morgan fingerprint density at radius 3 is 2.81 bits per heavy atom. The van der Waals surface area contributed by atoms with E-state index < -0.39 is 0 Å². The summed E-state index contributed by atoms with van der Waals surface area (Å²) < 4.78 is 0. The van der Waals surface area contributed by atoms with Crippen LogP contribution >= 0.6 is 23.2 Å². The average molecular weight is 260 g/mol. The van der Waals surface area contributed by atoms with Crippen molar-refractivity contribution in [3.63, 3.8) is 0 Å². The van der Waals surface area contributed by atoms with E-state index in [0.717, 1.165) is 12.8 Å². The molecule has 1 heterocycles. The molecule has 2 rings (SSSR count). The van der Waals surface area contributed by atoms with Gasteiger partial charge in [0.05, 0.1) is 0 Å². The van der Waals surface area contributed by atoms with Crippen LogP contribution in [0.1, 0.15) is 25.7 Å². The average Bonchev–Trinajstić information content (AvgIpc) is 2.19. The SMILES string of the molecule is O=C(CC1CCC1)Nc1ncnc(Cl)c1Cl. The van der Waals surface area contributed by atoms with Crippen molar-refractivity contribution in [1.82, 2.24) is 9.97 Å². The van der Waals surface area contributed by atoms with Crippen LogP contribution in [0.4, 0.5) is 5.82 Å². The van der Waals surface area contributed by atoms with Crippen molar-refractivity contribution in [1.29, 1.82) is 0 Å². The number of amides is 1. The molecule has 1 amide bonds. The van der Waals surface area contributed by atoms with Crippen molar-refractivity contribution in [2.45, 2.75) is 25.7 Å². The molecular weight excluding hydrogens is 249 g/mol. The Bertz CT molecular complexity index is 407. The van der Waals surface area contributed by atoms with Crippen molar-refractivity contribution >= 4 is 34.9 Å². The normalized spacial score (nSPS) is 15.6. The summed E-state index contributed by atoms with van der Waals surface area (Å²) in [6, 6.07) is 0. The molecule has 0 radical (unpaired) electrons. The van der Waals surface area contributed by atoms with Gasteiger partial charge in [-0.15, -0.1) is 0 Å². The second-order valence-corrected chi connectivity index (χ2v) is 4.61.